The molecule has 1 amide bonds. The Labute approximate surface area is 120 Å². The number of anilines is 1. The number of benzene rings is 1. The van der Waals surface area contributed by atoms with Crippen LogP contribution in [0.4, 0.5) is 16.2 Å². The van der Waals surface area contributed by atoms with E-state index in [-0.39, 0.29) is 5.69 Å². The van der Waals surface area contributed by atoms with Crippen LogP contribution in [0.15, 0.2) is 30.5 Å². The molecule has 0 radical (unpaired) electrons. The fourth-order valence-corrected chi connectivity index (χ4v) is 2.40. The summed E-state index contributed by atoms with van der Waals surface area (Å²) in [6.45, 7) is 3.59. The molecule has 0 atom stereocenters. The summed E-state index contributed by atoms with van der Waals surface area (Å²) in [5, 5.41) is 13.4. The summed E-state index contributed by atoms with van der Waals surface area (Å²) in [4.78, 5) is 24.6. The van der Waals surface area contributed by atoms with Crippen molar-refractivity contribution in [3.8, 4) is 11.3 Å². The molecule has 1 aromatic heterocycles. The molecule has 7 heteroatoms. The van der Waals surface area contributed by atoms with Crippen LogP contribution in [0.3, 0.4) is 0 Å². The summed E-state index contributed by atoms with van der Waals surface area (Å²) in [5.41, 5.74) is 2.17. The van der Waals surface area contributed by atoms with Gasteiger partial charge in [0.2, 0.25) is 0 Å². The minimum Gasteiger partial charge on any atom is -0.438 e. The van der Waals surface area contributed by atoms with Crippen LogP contribution in [0, 0.1) is 10.1 Å². The third kappa shape index (κ3) is 2.22. The standard InChI is InChI=1S/C14H13N3O4/c1-14(2)10-5-8(3-4-11(10)16-13(18)21-14)12-6-9(7-15-12)17(19)20/h3-7,15H,1-2H3,(H,16,18). The zero-order chi connectivity index (χ0) is 15.2. The third-order valence-corrected chi connectivity index (χ3v) is 3.44. The van der Waals surface area contributed by atoms with E-state index in [1.54, 1.807) is 26.0 Å². The minimum atomic E-state index is -0.758. The normalized spacial score (nSPS) is 15.8. The molecule has 0 spiro atoms. The van der Waals surface area contributed by atoms with Crippen LogP contribution in [0.2, 0.25) is 0 Å². The van der Waals surface area contributed by atoms with Gasteiger partial charge in [-0.2, -0.15) is 0 Å². The van der Waals surface area contributed by atoms with E-state index in [1.807, 2.05) is 6.07 Å². The van der Waals surface area contributed by atoms with E-state index in [1.165, 1.54) is 12.3 Å². The molecule has 2 aromatic rings. The van der Waals surface area contributed by atoms with E-state index < -0.39 is 16.6 Å². The van der Waals surface area contributed by atoms with E-state index in [2.05, 4.69) is 10.3 Å². The van der Waals surface area contributed by atoms with Gasteiger partial charge in [-0.15, -0.1) is 0 Å². The Morgan fingerprint density at radius 2 is 2.05 bits per heavy atom. The lowest BCUT2D eigenvalue weighted by atomic mass is 9.92. The lowest BCUT2D eigenvalue weighted by molar-refractivity contribution is -0.384. The van der Waals surface area contributed by atoms with Crippen molar-refractivity contribution in [2.24, 2.45) is 0 Å². The molecular formula is C14H13N3O4. The number of carbonyl (C=O) groups is 1. The van der Waals surface area contributed by atoms with Gasteiger partial charge >= 0.3 is 6.09 Å². The number of nitrogens with one attached hydrogen (secondary N) is 2. The molecule has 1 aromatic carbocycles. The summed E-state index contributed by atoms with van der Waals surface area (Å²) >= 11 is 0. The zero-order valence-corrected chi connectivity index (χ0v) is 11.5. The van der Waals surface area contributed by atoms with Crippen molar-refractivity contribution in [2.75, 3.05) is 5.32 Å². The summed E-state index contributed by atoms with van der Waals surface area (Å²) in [6.07, 6.45) is 0.855. The quantitative estimate of drug-likeness (QED) is 0.653. The molecule has 2 N–H and O–H groups in total. The van der Waals surface area contributed by atoms with Gasteiger partial charge in [-0.1, -0.05) is 6.07 Å². The molecule has 0 unspecified atom stereocenters. The first-order valence-corrected chi connectivity index (χ1v) is 6.34. The van der Waals surface area contributed by atoms with Gasteiger partial charge in [0, 0.05) is 11.6 Å². The number of ether oxygens (including phenoxy) is 1. The number of fused-ring (bicyclic) bond motifs is 1. The van der Waals surface area contributed by atoms with Crippen LogP contribution in [0.5, 0.6) is 0 Å². The average molecular weight is 287 g/mol. The van der Waals surface area contributed by atoms with Crippen LogP contribution in [-0.4, -0.2) is 16.0 Å². The highest BCUT2D eigenvalue weighted by Gasteiger charge is 2.33. The van der Waals surface area contributed by atoms with Crippen LogP contribution >= 0.6 is 0 Å². The Balaban J connectivity index is 2.06. The molecule has 1 aliphatic heterocycles. The van der Waals surface area contributed by atoms with E-state index in [9.17, 15) is 14.9 Å². The second kappa shape index (κ2) is 4.34. The Morgan fingerprint density at radius 1 is 1.29 bits per heavy atom. The van der Waals surface area contributed by atoms with Crippen molar-refractivity contribution in [2.45, 2.75) is 19.4 Å². The molecule has 0 saturated carbocycles. The predicted octanol–water partition coefficient (Wildman–Crippen LogP) is 3.39. The van der Waals surface area contributed by atoms with Crippen molar-refractivity contribution in [3.05, 3.63) is 46.1 Å². The Morgan fingerprint density at radius 3 is 2.71 bits per heavy atom. The van der Waals surface area contributed by atoms with E-state index >= 15 is 0 Å². The van der Waals surface area contributed by atoms with Gasteiger partial charge in [0.1, 0.15) is 5.60 Å². The summed E-state index contributed by atoms with van der Waals surface area (Å²) in [7, 11) is 0. The van der Waals surface area contributed by atoms with E-state index in [0.717, 1.165) is 11.1 Å². The summed E-state index contributed by atoms with van der Waals surface area (Å²) in [6, 6.07) is 6.87. The molecule has 3 rings (SSSR count). The molecule has 1 aliphatic rings. The Bertz CT molecular complexity index is 748. The molecule has 0 fully saturated rings. The molecular weight excluding hydrogens is 274 g/mol. The molecule has 0 aliphatic carbocycles. The number of H-pyrrole nitrogens is 1. The lowest BCUT2D eigenvalue weighted by Gasteiger charge is -2.32. The fourth-order valence-electron chi connectivity index (χ4n) is 2.40. The maximum atomic E-state index is 11.5. The van der Waals surface area contributed by atoms with Crippen LogP contribution < -0.4 is 5.32 Å². The monoisotopic (exact) mass is 287 g/mol. The van der Waals surface area contributed by atoms with Crippen molar-refractivity contribution in [1.29, 1.82) is 0 Å². The van der Waals surface area contributed by atoms with Crippen LogP contribution in [-0.2, 0) is 10.3 Å². The van der Waals surface area contributed by atoms with E-state index in [4.69, 9.17) is 4.74 Å². The molecule has 0 saturated heterocycles. The molecule has 0 bridgehead atoms. The van der Waals surface area contributed by atoms with E-state index in [0.29, 0.717) is 11.4 Å². The van der Waals surface area contributed by atoms with Crippen molar-refractivity contribution >= 4 is 17.5 Å². The number of hydrogen-bond acceptors (Lipinski definition) is 4. The third-order valence-electron chi connectivity index (χ3n) is 3.44. The lowest BCUT2D eigenvalue weighted by Crippen LogP contribution is -2.34. The first kappa shape index (κ1) is 13.2. The Kier molecular flexibility index (Phi) is 2.72. The number of cyclic esters (lactones) is 1. The number of nitro groups is 1. The number of aromatic nitrogens is 1. The number of amides is 1. The van der Waals surface area contributed by atoms with Gasteiger partial charge in [-0.05, 0) is 31.5 Å². The maximum absolute atomic E-state index is 11.5. The van der Waals surface area contributed by atoms with Gasteiger partial charge in [0.25, 0.3) is 5.69 Å². The number of carbonyl (C=O) groups excluding carboxylic acids is 1. The van der Waals surface area contributed by atoms with Crippen LogP contribution in [0.1, 0.15) is 19.4 Å². The second-order valence-electron chi connectivity index (χ2n) is 5.31. The van der Waals surface area contributed by atoms with Gasteiger partial charge in [-0.25, -0.2) is 4.79 Å². The average Bonchev–Trinajstić information content (AvgIpc) is 2.87. The zero-order valence-electron chi connectivity index (χ0n) is 11.5. The van der Waals surface area contributed by atoms with Crippen molar-refractivity contribution < 1.29 is 14.5 Å². The van der Waals surface area contributed by atoms with Crippen molar-refractivity contribution in [3.63, 3.8) is 0 Å². The molecule has 21 heavy (non-hydrogen) atoms. The highest BCUT2D eigenvalue weighted by atomic mass is 16.6. The number of hydrogen-bond donors (Lipinski definition) is 2. The largest absolute Gasteiger partial charge is 0.438 e. The smallest absolute Gasteiger partial charge is 0.412 e. The van der Waals surface area contributed by atoms with Gasteiger partial charge in [-0.3, -0.25) is 15.4 Å². The molecule has 7 nitrogen and oxygen atoms in total. The topological polar surface area (TPSA) is 97.3 Å². The number of aromatic amines is 1. The SMILES string of the molecule is CC1(C)OC(=O)Nc2ccc(-c3cc([N+](=O)[O-])c[nH]3)cc21. The fraction of sp³-hybridized carbons (Fsp3) is 0.214. The Hall–Kier alpha value is -2.83. The first-order chi connectivity index (χ1) is 9.87. The highest BCUT2D eigenvalue weighted by Crippen LogP contribution is 2.38. The first-order valence-electron chi connectivity index (χ1n) is 6.34. The number of rotatable bonds is 2. The molecule has 2 heterocycles. The minimum absolute atomic E-state index is 0.00605. The molecule has 108 valence electrons. The predicted molar refractivity (Wildman–Crippen MR) is 76.0 cm³/mol. The highest BCUT2D eigenvalue weighted by molar-refractivity contribution is 5.89. The summed E-state index contributed by atoms with van der Waals surface area (Å²) in [5.74, 6) is 0. The van der Waals surface area contributed by atoms with Crippen molar-refractivity contribution in [1.82, 2.24) is 4.98 Å². The maximum Gasteiger partial charge on any atom is 0.412 e. The van der Waals surface area contributed by atoms with Crippen LogP contribution in [0.25, 0.3) is 11.3 Å². The van der Waals surface area contributed by atoms with Gasteiger partial charge in [0.05, 0.1) is 22.5 Å². The number of nitrogens with zero attached hydrogens (tertiary/aromatic N) is 1. The second-order valence-corrected chi connectivity index (χ2v) is 5.31. The van der Waals surface area contributed by atoms with Gasteiger partial charge < -0.3 is 9.72 Å². The van der Waals surface area contributed by atoms with Gasteiger partial charge in [0.15, 0.2) is 0 Å². The summed E-state index contributed by atoms with van der Waals surface area (Å²) < 4.78 is 5.27.